The van der Waals surface area contributed by atoms with Gasteiger partial charge in [-0.25, -0.2) is 18.4 Å². The van der Waals surface area contributed by atoms with Gasteiger partial charge in [0.05, 0.1) is 11.1 Å². The van der Waals surface area contributed by atoms with Crippen molar-refractivity contribution in [1.82, 2.24) is 0 Å². The number of rotatable bonds is 3. The Labute approximate surface area is 120 Å². The predicted molar refractivity (Wildman–Crippen MR) is 64.6 cm³/mol. The van der Waals surface area contributed by atoms with Gasteiger partial charge in [0.15, 0.2) is 11.6 Å². The van der Waals surface area contributed by atoms with Crippen molar-refractivity contribution in [3.8, 4) is 5.75 Å². The van der Waals surface area contributed by atoms with E-state index in [0.29, 0.717) is 0 Å². The summed E-state index contributed by atoms with van der Waals surface area (Å²) >= 11 is 0. The molecule has 2 aromatic rings. The molecule has 0 saturated heterocycles. The molecule has 8 heteroatoms. The number of esters is 1. The Hall–Kier alpha value is -2.90. The predicted octanol–water partition coefficient (Wildman–Crippen LogP) is 3.16. The van der Waals surface area contributed by atoms with Gasteiger partial charge in [-0.2, -0.15) is 8.78 Å². The van der Waals surface area contributed by atoms with Gasteiger partial charge in [-0.3, -0.25) is 0 Å². The number of halogens is 4. The second-order valence-corrected chi connectivity index (χ2v) is 4.07. The fourth-order valence-electron chi connectivity index (χ4n) is 1.54. The molecule has 2 aromatic carbocycles. The van der Waals surface area contributed by atoms with E-state index in [0.717, 1.165) is 24.3 Å². The third-order valence-corrected chi connectivity index (χ3v) is 2.63. The van der Waals surface area contributed by atoms with E-state index in [1.165, 1.54) is 0 Å². The molecule has 4 nitrogen and oxygen atoms in total. The molecule has 2 rings (SSSR count). The van der Waals surface area contributed by atoms with Gasteiger partial charge in [-0.05, 0) is 24.3 Å². The monoisotopic (exact) mass is 314 g/mol. The highest BCUT2D eigenvalue weighted by atomic mass is 19.2. The highest BCUT2D eigenvalue weighted by molar-refractivity contribution is 5.93. The number of ether oxygens (including phenoxy) is 1. The number of aromatic carboxylic acids is 1. The third kappa shape index (κ3) is 2.90. The Kier molecular flexibility index (Phi) is 4.11. The van der Waals surface area contributed by atoms with Gasteiger partial charge < -0.3 is 9.84 Å². The van der Waals surface area contributed by atoms with E-state index in [1.54, 1.807) is 0 Å². The molecule has 0 atom stereocenters. The highest BCUT2D eigenvalue weighted by Gasteiger charge is 2.23. The number of hydrogen-bond acceptors (Lipinski definition) is 3. The molecule has 114 valence electrons. The number of carboxylic acids is 1. The zero-order valence-corrected chi connectivity index (χ0v) is 10.6. The molecule has 0 fully saturated rings. The first-order valence-corrected chi connectivity index (χ1v) is 5.69. The van der Waals surface area contributed by atoms with Crippen LogP contribution in [0.15, 0.2) is 30.3 Å². The zero-order chi connectivity index (χ0) is 16.4. The topological polar surface area (TPSA) is 63.6 Å². The van der Waals surface area contributed by atoms with Crippen LogP contribution < -0.4 is 4.74 Å². The maximum absolute atomic E-state index is 13.4. The average Bonchev–Trinajstić information content (AvgIpc) is 2.49. The van der Waals surface area contributed by atoms with Crippen molar-refractivity contribution >= 4 is 11.9 Å². The number of hydrogen-bond donors (Lipinski definition) is 1. The molecular weight excluding hydrogens is 308 g/mol. The van der Waals surface area contributed by atoms with Crippen molar-refractivity contribution in [2.75, 3.05) is 0 Å². The van der Waals surface area contributed by atoms with E-state index >= 15 is 0 Å². The van der Waals surface area contributed by atoms with Gasteiger partial charge in [-0.1, -0.05) is 0 Å². The second-order valence-electron chi connectivity index (χ2n) is 4.07. The van der Waals surface area contributed by atoms with Gasteiger partial charge in [0.1, 0.15) is 0 Å². The smallest absolute Gasteiger partial charge is 0.343 e. The minimum atomic E-state index is -1.85. The molecule has 0 aliphatic rings. The first-order chi connectivity index (χ1) is 10.3. The highest BCUT2D eigenvalue weighted by Crippen LogP contribution is 2.27. The molecule has 0 bridgehead atoms. The Morgan fingerprint density at radius 2 is 1.32 bits per heavy atom. The van der Waals surface area contributed by atoms with Gasteiger partial charge in [0.25, 0.3) is 0 Å². The van der Waals surface area contributed by atoms with Crippen molar-refractivity contribution in [3.05, 3.63) is 64.7 Å². The number of benzene rings is 2. The molecule has 0 heterocycles. The van der Waals surface area contributed by atoms with Crippen molar-refractivity contribution in [1.29, 1.82) is 0 Å². The second kappa shape index (κ2) is 5.84. The largest absolute Gasteiger partial charge is 0.478 e. The lowest BCUT2D eigenvalue weighted by molar-refractivity contribution is 0.0689. The molecule has 0 saturated carbocycles. The van der Waals surface area contributed by atoms with Gasteiger partial charge in [0.2, 0.25) is 17.4 Å². The lowest BCUT2D eigenvalue weighted by Crippen LogP contribution is -2.12. The van der Waals surface area contributed by atoms with E-state index in [-0.39, 0.29) is 17.2 Å². The fourth-order valence-corrected chi connectivity index (χ4v) is 1.54. The van der Waals surface area contributed by atoms with Crippen LogP contribution in [0.5, 0.6) is 5.75 Å². The minimum absolute atomic E-state index is 0.0241. The fraction of sp³-hybridized carbons (Fsp3) is 0. The molecule has 0 aliphatic carbocycles. The van der Waals surface area contributed by atoms with Crippen LogP contribution in [-0.2, 0) is 0 Å². The van der Waals surface area contributed by atoms with E-state index in [4.69, 9.17) is 5.11 Å². The summed E-state index contributed by atoms with van der Waals surface area (Å²) < 4.78 is 57.0. The van der Waals surface area contributed by atoms with E-state index in [1.807, 2.05) is 0 Å². The Bertz CT molecular complexity index is 730. The number of carbonyl (C=O) groups is 2. The molecule has 0 aromatic heterocycles. The van der Waals surface area contributed by atoms with Gasteiger partial charge in [-0.15, -0.1) is 0 Å². The van der Waals surface area contributed by atoms with Crippen LogP contribution in [0.4, 0.5) is 17.6 Å². The van der Waals surface area contributed by atoms with Crippen molar-refractivity contribution in [2.24, 2.45) is 0 Å². The van der Waals surface area contributed by atoms with Crippen LogP contribution in [0.2, 0.25) is 0 Å². The van der Waals surface area contributed by atoms with Crippen LogP contribution >= 0.6 is 0 Å². The maximum atomic E-state index is 13.4. The molecular formula is C14H6F4O4. The van der Waals surface area contributed by atoms with Gasteiger partial charge in [0, 0.05) is 6.07 Å². The molecule has 1 N–H and O–H groups in total. The molecule has 0 unspecified atom stereocenters. The van der Waals surface area contributed by atoms with Crippen molar-refractivity contribution < 1.29 is 37.0 Å². The third-order valence-electron chi connectivity index (χ3n) is 2.63. The van der Waals surface area contributed by atoms with Crippen LogP contribution in [-0.4, -0.2) is 17.0 Å². The summed E-state index contributed by atoms with van der Waals surface area (Å²) in [6.07, 6.45) is 0. The Morgan fingerprint density at radius 3 is 1.77 bits per heavy atom. The summed E-state index contributed by atoms with van der Waals surface area (Å²) in [6.45, 7) is 0. The summed E-state index contributed by atoms with van der Waals surface area (Å²) in [5.41, 5.74) is -0.390. The summed E-state index contributed by atoms with van der Waals surface area (Å²) in [4.78, 5) is 22.3. The molecule has 0 radical (unpaired) electrons. The quantitative estimate of drug-likeness (QED) is 0.409. The SMILES string of the molecule is O=C(O)c1ccc(C(=O)Oc2c(F)c(F)cc(F)c2F)cc1. The summed E-state index contributed by atoms with van der Waals surface area (Å²) in [5, 5.41) is 8.68. The van der Waals surface area contributed by atoms with E-state index < -0.39 is 41.0 Å². The zero-order valence-electron chi connectivity index (χ0n) is 10.6. The molecule has 0 spiro atoms. The first kappa shape index (κ1) is 15.5. The summed E-state index contributed by atoms with van der Waals surface area (Å²) in [5.74, 6) is -11.2. The summed E-state index contributed by atoms with van der Waals surface area (Å²) in [7, 11) is 0. The van der Waals surface area contributed by atoms with Crippen LogP contribution in [0.3, 0.4) is 0 Å². The van der Waals surface area contributed by atoms with Crippen molar-refractivity contribution in [3.63, 3.8) is 0 Å². The van der Waals surface area contributed by atoms with Crippen molar-refractivity contribution in [2.45, 2.75) is 0 Å². The normalized spacial score (nSPS) is 10.4. The van der Waals surface area contributed by atoms with E-state index in [9.17, 15) is 27.2 Å². The average molecular weight is 314 g/mol. The molecule has 0 amide bonds. The maximum Gasteiger partial charge on any atom is 0.343 e. The van der Waals surface area contributed by atoms with E-state index in [2.05, 4.69) is 4.74 Å². The minimum Gasteiger partial charge on any atom is -0.478 e. The number of carbonyl (C=O) groups excluding carboxylic acids is 1. The lowest BCUT2D eigenvalue weighted by Gasteiger charge is -2.08. The van der Waals surface area contributed by atoms with Crippen LogP contribution in [0, 0.1) is 23.3 Å². The Balaban J connectivity index is 2.31. The van der Waals surface area contributed by atoms with Crippen LogP contribution in [0.1, 0.15) is 20.7 Å². The Morgan fingerprint density at radius 1 is 0.864 bits per heavy atom. The molecule has 0 aliphatic heterocycles. The number of carboxylic acid groups (broad SMARTS) is 1. The molecule has 22 heavy (non-hydrogen) atoms. The van der Waals surface area contributed by atoms with Crippen LogP contribution in [0.25, 0.3) is 0 Å². The van der Waals surface area contributed by atoms with Gasteiger partial charge >= 0.3 is 11.9 Å². The lowest BCUT2D eigenvalue weighted by atomic mass is 10.1. The summed E-state index contributed by atoms with van der Waals surface area (Å²) in [6, 6.07) is 4.13. The standard InChI is InChI=1S/C14H6F4O4/c15-8-5-9(16)11(18)12(10(8)17)22-14(21)7-3-1-6(2-4-7)13(19)20/h1-5H,(H,19,20). The first-order valence-electron chi connectivity index (χ1n) is 5.69.